The van der Waals surface area contributed by atoms with Crippen LogP contribution in [0.25, 0.3) is 0 Å². The molecule has 1 fully saturated rings. The molecule has 0 aromatic heterocycles. The van der Waals surface area contributed by atoms with Gasteiger partial charge in [0.15, 0.2) is 0 Å². The van der Waals surface area contributed by atoms with Crippen molar-refractivity contribution < 1.29 is 14.3 Å². The van der Waals surface area contributed by atoms with Gasteiger partial charge in [0.05, 0.1) is 12.1 Å². The summed E-state index contributed by atoms with van der Waals surface area (Å²) >= 11 is 0. The van der Waals surface area contributed by atoms with Gasteiger partial charge in [-0.2, -0.15) is 0 Å². The van der Waals surface area contributed by atoms with Crippen LogP contribution in [-0.2, 0) is 9.47 Å². The summed E-state index contributed by atoms with van der Waals surface area (Å²) in [7, 11) is 0. The molecular formula is C14H27NO3. The van der Waals surface area contributed by atoms with Gasteiger partial charge < -0.3 is 14.4 Å². The molecule has 0 spiro atoms. The first-order chi connectivity index (χ1) is 8.26. The lowest BCUT2D eigenvalue weighted by Crippen LogP contribution is -2.39. The minimum Gasteiger partial charge on any atom is -0.444 e. The summed E-state index contributed by atoms with van der Waals surface area (Å²) in [5.74, 6) is 0. The molecule has 1 heterocycles. The van der Waals surface area contributed by atoms with Crippen LogP contribution >= 0.6 is 0 Å². The molecule has 0 radical (unpaired) electrons. The number of hydrogen-bond donors (Lipinski definition) is 0. The normalized spacial score (nSPS) is 24.4. The summed E-state index contributed by atoms with van der Waals surface area (Å²) in [4.78, 5) is 13.7. The Hall–Kier alpha value is -0.770. The van der Waals surface area contributed by atoms with Crippen molar-refractivity contribution in [2.45, 2.75) is 65.1 Å². The third-order valence-electron chi connectivity index (χ3n) is 3.04. The number of hydrogen-bond acceptors (Lipinski definition) is 3. The average molecular weight is 257 g/mol. The van der Waals surface area contributed by atoms with Crippen molar-refractivity contribution in [1.82, 2.24) is 4.90 Å². The van der Waals surface area contributed by atoms with Gasteiger partial charge in [-0.15, -0.1) is 0 Å². The molecule has 4 heteroatoms. The molecule has 1 unspecified atom stereocenters. The van der Waals surface area contributed by atoms with Gasteiger partial charge in [-0.25, -0.2) is 4.79 Å². The number of carbonyl (C=O) groups is 1. The van der Waals surface area contributed by atoms with Crippen LogP contribution in [0.2, 0.25) is 0 Å². The van der Waals surface area contributed by atoms with Crippen LogP contribution < -0.4 is 0 Å². The minimum atomic E-state index is -0.431. The molecule has 0 aromatic rings. The molecule has 1 amide bonds. The SMILES string of the molecule is CCCCOC1(C)CCN(C(=O)OC(C)(C)C)C1. The van der Waals surface area contributed by atoms with Gasteiger partial charge in [-0.05, 0) is 40.5 Å². The van der Waals surface area contributed by atoms with E-state index in [1.807, 2.05) is 20.8 Å². The maximum absolute atomic E-state index is 11.9. The van der Waals surface area contributed by atoms with E-state index in [0.717, 1.165) is 32.4 Å². The molecule has 1 aliphatic rings. The summed E-state index contributed by atoms with van der Waals surface area (Å²) in [6.45, 7) is 12.0. The third kappa shape index (κ3) is 4.84. The van der Waals surface area contributed by atoms with E-state index in [4.69, 9.17) is 9.47 Å². The van der Waals surface area contributed by atoms with Crippen molar-refractivity contribution in [3.8, 4) is 0 Å². The molecule has 4 nitrogen and oxygen atoms in total. The highest BCUT2D eigenvalue weighted by Crippen LogP contribution is 2.26. The summed E-state index contributed by atoms with van der Waals surface area (Å²) in [6.07, 6.45) is 2.86. The summed E-state index contributed by atoms with van der Waals surface area (Å²) < 4.78 is 11.3. The van der Waals surface area contributed by atoms with Gasteiger partial charge in [0.1, 0.15) is 5.60 Å². The van der Waals surface area contributed by atoms with Crippen LogP contribution in [0.3, 0.4) is 0 Å². The monoisotopic (exact) mass is 257 g/mol. The predicted molar refractivity (Wildman–Crippen MR) is 71.7 cm³/mol. The van der Waals surface area contributed by atoms with E-state index in [-0.39, 0.29) is 11.7 Å². The van der Waals surface area contributed by atoms with E-state index in [9.17, 15) is 4.79 Å². The van der Waals surface area contributed by atoms with Crippen molar-refractivity contribution in [1.29, 1.82) is 0 Å². The number of rotatable bonds is 4. The molecular weight excluding hydrogens is 230 g/mol. The smallest absolute Gasteiger partial charge is 0.410 e. The van der Waals surface area contributed by atoms with Gasteiger partial charge in [0, 0.05) is 13.2 Å². The topological polar surface area (TPSA) is 38.8 Å². The van der Waals surface area contributed by atoms with E-state index < -0.39 is 5.60 Å². The van der Waals surface area contributed by atoms with Gasteiger partial charge in [0.25, 0.3) is 0 Å². The van der Waals surface area contributed by atoms with Gasteiger partial charge >= 0.3 is 6.09 Å². The average Bonchev–Trinajstić information content (AvgIpc) is 2.59. The van der Waals surface area contributed by atoms with Crippen LogP contribution in [0.5, 0.6) is 0 Å². The molecule has 1 atom stereocenters. The van der Waals surface area contributed by atoms with Gasteiger partial charge in [-0.3, -0.25) is 0 Å². The van der Waals surface area contributed by atoms with Crippen LogP contribution in [0.4, 0.5) is 4.79 Å². The van der Waals surface area contributed by atoms with Crippen molar-refractivity contribution in [3.05, 3.63) is 0 Å². The Morgan fingerprint density at radius 3 is 2.61 bits per heavy atom. The van der Waals surface area contributed by atoms with Crippen LogP contribution in [0, 0.1) is 0 Å². The Morgan fingerprint density at radius 1 is 1.39 bits per heavy atom. The Labute approximate surface area is 111 Å². The summed E-state index contributed by atoms with van der Waals surface area (Å²) in [5.41, 5.74) is -0.634. The Morgan fingerprint density at radius 2 is 2.06 bits per heavy atom. The lowest BCUT2D eigenvalue weighted by atomic mass is 10.1. The zero-order valence-electron chi connectivity index (χ0n) is 12.4. The zero-order chi connectivity index (χ0) is 13.8. The Bertz CT molecular complexity index is 285. The fourth-order valence-electron chi connectivity index (χ4n) is 2.00. The molecule has 0 saturated carbocycles. The van der Waals surface area contributed by atoms with Crippen molar-refractivity contribution in [3.63, 3.8) is 0 Å². The maximum atomic E-state index is 11.9. The fraction of sp³-hybridized carbons (Fsp3) is 0.929. The highest BCUT2D eigenvalue weighted by atomic mass is 16.6. The van der Waals surface area contributed by atoms with E-state index >= 15 is 0 Å². The maximum Gasteiger partial charge on any atom is 0.410 e. The second-order valence-corrected chi connectivity index (χ2v) is 6.30. The first kappa shape index (κ1) is 15.3. The molecule has 18 heavy (non-hydrogen) atoms. The molecule has 1 aliphatic heterocycles. The van der Waals surface area contributed by atoms with Gasteiger partial charge in [0.2, 0.25) is 0 Å². The number of ether oxygens (including phenoxy) is 2. The highest BCUT2D eigenvalue weighted by molar-refractivity contribution is 5.68. The number of carbonyl (C=O) groups excluding carboxylic acids is 1. The van der Waals surface area contributed by atoms with E-state index in [2.05, 4.69) is 13.8 Å². The molecule has 0 aromatic carbocycles. The quantitative estimate of drug-likeness (QED) is 0.726. The molecule has 0 N–H and O–H groups in total. The number of amides is 1. The standard InChI is InChI=1S/C14H27NO3/c1-6-7-10-17-14(5)8-9-15(11-14)12(16)18-13(2,3)4/h6-11H2,1-5H3. The Balaban J connectivity index is 2.42. The number of unbranched alkanes of at least 4 members (excludes halogenated alkanes) is 1. The van der Waals surface area contributed by atoms with Crippen molar-refractivity contribution in [2.24, 2.45) is 0 Å². The van der Waals surface area contributed by atoms with Crippen LogP contribution in [0.15, 0.2) is 0 Å². The second-order valence-electron chi connectivity index (χ2n) is 6.30. The molecule has 0 aliphatic carbocycles. The molecule has 106 valence electrons. The third-order valence-corrected chi connectivity index (χ3v) is 3.04. The van der Waals surface area contributed by atoms with E-state index in [1.54, 1.807) is 4.90 Å². The first-order valence-electron chi connectivity index (χ1n) is 6.88. The van der Waals surface area contributed by atoms with E-state index in [1.165, 1.54) is 0 Å². The minimum absolute atomic E-state index is 0.202. The van der Waals surface area contributed by atoms with Crippen LogP contribution in [-0.4, -0.2) is 41.9 Å². The highest BCUT2D eigenvalue weighted by Gasteiger charge is 2.38. The summed E-state index contributed by atoms with van der Waals surface area (Å²) in [6, 6.07) is 0. The second kappa shape index (κ2) is 5.91. The van der Waals surface area contributed by atoms with Crippen molar-refractivity contribution in [2.75, 3.05) is 19.7 Å². The van der Waals surface area contributed by atoms with Gasteiger partial charge in [-0.1, -0.05) is 13.3 Å². The Kier molecular flexibility index (Phi) is 5.02. The predicted octanol–water partition coefficient (Wildman–Crippen LogP) is 3.20. The van der Waals surface area contributed by atoms with E-state index in [0.29, 0.717) is 6.54 Å². The molecule has 1 rings (SSSR count). The summed E-state index contributed by atoms with van der Waals surface area (Å²) in [5, 5.41) is 0. The lowest BCUT2D eigenvalue weighted by molar-refractivity contribution is -0.0282. The number of likely N-dealkylation sites (tertiary alicyclic amines) is 1. The molecule has 1 saturated heterocycles. The largest absolute Gasteiger partial charge is 0.444 e. The first-order valence-corrected chi connectivity index (χ1v) is 6.88. The zero-order valence-corrected chi connectivity index (χ0v) is 12.4. The fourth-order valence-corrected chi connectivity index (χ4v) is 2.00. The molecule has 0 bridgehead atoms. The lowest BCUT2D eigenvalue weighted by Gasteiger charge is -2.27. The number of nitrogens with zero attached hydrogens (tertiary/aromatic N) is 1. The van der Waals surface area contributed by atoms with Crippen molar-refractivity contribution >= 4 is 6.09 Å². The van der Waals surface area contributed by atoms with Crippen LogP contribution in [0.1, 0.15) is 53.9 Å².